The predicted octanol–water partition coefficient (Wildman–Crippen LogP) is 6.82. The van der Waals surface area contributed by atoms with Crippen molar-refractivity contribution >= 4 is 41.9 Å². The van der Waals surface area contributed by atoms with Gasteiger partial charge in [0, 0.05) is 34.3 Å². The Morgan fingerprint density at radius 3 is 1.57 bits per heavy atom. The summed E-state index contributed by atoms with van der Waals surface area (Å²) in [6, 6.07) is 27.7. The summed E-state index contributed by atoms with van der Waals surface area (Å²) in [5.74, 6) is 0.582. The third-order valence-corrected chi connectivity index (χ3v) is 11.4. The van der Waals surface area contributed by atoms with Crippen LogP contribution in [0.3, 0.4) is 0 Å². The van der Waals surface area contributed by atoms with E-state index in [0.29, 0.717) is 44.4 Å². The van der Waals surface area contributed by atoms with Crippen LogP contribution in [0.5, 0.6) is 5.75 Å². The molecule has 11 heteroatoms. The molecule has 0 unspecified atom stereocenters. The highest BCUT2D eigenvalue weighted by molar-refractivity contribution is 7.90. The first-order valence-electron chi connectivity index (χ1n) is 14.4. The Bertz CT molecular complexity index is 2500. The number of hydrogen-bond donors (Lipinski definition) is 0. The Labute approximate surface area is 266 Å². The molecule has 46 heavy (non-hydrogen) atoms. The number of nitrogens with zero attached hydrogens (tertiary/aromatic N) is 4. The van der Waals surface area contributed by atoms with E-state index in [1.165, 1.54) is 27.4 Å². The van der Waals surface area contributed by atoms with E-state index in [0.717, 1.165) is 11.1 Å². The zero-order valence-corrected chi connectivity index (χ0v) is 26.7. The largest absolute Gasteiger partial charge is 0.493 e. The van der Waals surface area contributed by atoms with Crippen LogP contribution in [0, 0.1) is 13.8 Å². The van der Waals surface area contributed by atoms with E-state index in [2.05, 4.69) is 4.98 Å². The van der Waals surface area contributed by atoms with Crippen molar-refractivity contribution in [1.29, 1.82) is 0 Å². The van der Waals surface area contributed by atoms with E-state index in [9.17, 15) is 16.8 Å². The highest BCUT2D eigenvalue weighted by Gasteiger charge is 2.26. The van der Waals surface area contributed by atoms with Crippen LogP contribution in [-0.2, 0) is 20.0 Å². The number of ether oxygens (including phenoxy) is 1. The Morgan fingerprint density at radius 1 is 0.609 bits per heavy atom. The summed E-state index contributed by atoms with van der Waals surface area (Å²) in [6.45, 7) is 3.79. The summed E-state index contributed by atoms with van der Waals surface area (Å²) >= 11 is 0. The molecule has 7 rings (SSSR count). The van der Waals surface area contributed by atoms with Crippen LogP contribution in [0.2, 0.25) is 0 Å². The van der Waals surface area contributed by atoms with Gasteiger partial charge < -0.3 is 4.74 Å². The molecule has 0 saturated carbocycles. The van der Waals surface area contributed by atoms with Gasteiger partial charge in [0.2, 0.25) is 0 Å². The lowest BCUT2D eigenvalue weighted by atomic mass is 10.1. The van der Waals surface area contributed by atoms with Gasteiger partial charge >= 0.3 is 0 Å². The van der Waals surface area contributed by atoms with Crippen LogP contribution in [0.1, 0.15) is 11.1 Å². The number of aryl methyl sites for hydroxylation is 2. The molecule has 9 nitrogen and oxygen atoms in total. The number of para-hydroxylation sites is 2. The average Bonchev–Trinajstić information content (AvgIpc) is 3.65. The van der Waals surface area contributed by atoms with E-state index in [1.54, 1.807) is 79.0 Å². The summed E-state index contributed by atoms with van der Waals surface area (Å²) in [6.07, 6.45) is 4.58. The summed E-state index contributed by atoms with van der Waals surface area (Å²) in [5, 5.41) is 1.28. The molecule has 0 amide bonds. The van der Waals surface area contributed by atoms with Crippen molar-refractivity contribution in [2.45, 2.75) is 23.6 Å². The van der Waals surface area contributed by atoms with Crippen molar-refractivity contribution in [2.24, 2.45) is 0 Å². The summed E-state index contributed by atoms with van der Waals surface area (Å²) < 4.78 is 63.5. The van der Waals surface area contributed by atoms with Crippen molar-refractivity contribution in [3.8, 4) is 28.4 Å². The van der Waals surface area contributed by atoms with Crippen LogP contribution in [0.15, 0.2) is 125 Å². The standard InChI is InChI=1S/C35H28N4O5S2/c1-23-12-16-25(17-13-23)45(40,41)38-21-29(27-8-4-6-10-31(27)38)34-33(44-3)20-36-35(37-34)30-22-39(32-11-7-5-9-28(30)32)46(42,43)26-18-14-24(2)15-19-26/h4-22H,1-3H3. The molecule has 0 saturated heterocycles. The SMILES string of the molecule is COc1cnc(-c2cn(S(=O)(=O)c3ccc(C)cc3)c3ccccc23)nc1-c1cn(S(=O)(=O)c2ccc(C)cc2)c2ccccc12. The van der Waals surface area contributed by atoms with E-state index < -0.39 is 20.0 Å². The lowest BCUT2D eigenvalue weighted by Crippen LogP contribution is -2.11. The normalized spacial score (nSPS) is 12.2. The van der Waals surface area contributed by atoms with Gasteiger partial charge in [0.15, 0.2) is 11.6 Å². The lowest BCUT2D eigenvalue weighted by molar-refractivity contribution is 0.413. The van der Waals surface area contributed by atoms with Crippen molar-refractivity contribution in [2.75, 3.05) is 7.11 Å². The predicted molar refractivity (Wildman–Crippen MR) is 178 cm³/mol. The first kappa shape index (κ1) is 29.5. The number of aromatic nitrogens is 4. The maximum absolute atomic E-state index is 13.9. The van der Waals surface area contributed by atoms with E-state index >= 15 is 0 Å². The molecular weight excluding hydrogens is 621 g/mol. The minimum Gasteiger partial charge on any atom is -0.493 e. The highest BCUT2D eigenvalue weighted by atomic mass is 32.2. The maximum Gasteiger partial charge on any atom is 0.268 e. The zero-order chi connectivity index (χ0) is 32.2. The van der Waals surface area contributed by atoms with Gasteiger partial charge in [-0.1, -0.05) is 71.8 Å². The van der Waals surface area contributed by atoms with Gasteiger partial charge in [-0.15, -0.1) is 0 Å². The summed E-state index contributed by atoms with van der Waals surface area (Å²) in [7, 11) is -6.42. The molecule has 3 aromatic heterocycles. The van der Waals surface area contributed by atoms with Crippen LogP contribution < -0.4 is 4.74 Å². The second-order valence-corrected chi connectivity index (χ2v) is 14.6. The lowest BCUT2D eigenvalue weighted by Gasteiger charge is -2.09. The number of hydrogen-bond acceptors (Lipinski definition) is 7. The van der Waals surface area contributed by atoms with Crippen molar-refractivity contribution < 1.29 is 21.6 Å². The fraction of sp³-hybridized carbons (Fsp3) is 0.0857. The fourth-order valence-electron chi connectivity index (χ4n) is 5.55. The van der Waals surface area contributed by atoms with Gasteiger partial charge in [-0.05, 0) is 50.2 Å². The first-order chi connectivity index (χ1) is 22.1. The van der Waals surface area contributed by atoms with E-state index in [1.807, 2.05) is 38.1 Å². The molecule has 0 aliphatic heterocycles. The highest BCUT2D eigenvalue weighted by Crippen LogP contribution is 2.39. The van der Waals surface area contributed by atoms with Gasteiger partial charge in [-0.25, -0.2) is 34.7 Å². The van der Waals surface area contributed by atoms with Crippen LogP contribution >= 0.6 is 0 Å². The number of methoxy groups -OCH3 is 1. The summed E-state index contributed by atoms with van der Waals surface area (Å²) in [4.78, 5) is 9.76. The van der Waals surface area contributed by atoms with Gasteiger partial charge in [-0.3, -0.25) is 0 Å². The molecule has 3 heterocycles. The molecule has 0 radical (unpaired) electrons. The molecule has 0 aliphatic rings. The quantitative estimate of drug-likeness (QED) is 0.186. The molecule has 230 valence electrons. The number of fused-ring (bicyclic) bond motifs is 2. The van der Waals surface area contributed by atoms with Crippen molar-refractivity contribution in [3.05, 3.63) is 127 Å². The number of benzene rings is 4. The second-order valence-electron chi connectivity index (χ2n) is 11.0. The maximum atomic E-state index is 13.9. The first-order valence-corrected chi connectivity index (χ1v) is 17.2. The smallest absolute Gasteiger partial charge is 0.268 e. The van der Waals surface area contributed by atoms with E-state index in [-0.39, 0.29) is 15.6 Å². The molecule has 0 aliphatic carbocycles. The topological polar surface area (TPSA) is 113 Å². The van der Waals surface area contributed by atoms with Crippen LogP contribution in [0.25, 0.3) is 44.5 Å². The number of rotatable bonds is 7. The monoisotopic (exact) mass is 648 g/mol. The van der Waals surface area contributed by atoms with Gasteiger partial charge in [0.05, 0.1) is 34.1 Å². The molecule has 0 bridgehead atoms. The minimum absolute atomic E-state index is 0.156. The van der Waals surface area contributed by atoms with Gasteiger partial charge in [0.25, 0.3) is 20.0 Å². The molecule has 7 aromatic rings. The molecule has 4 aromatic carbocycles. The van der Waals surface area contributed by atoms with Crippen LogP contribution in [0.4, 0.5) is 0 Å². The Kier molecular flexibility index (Phi) is 7.02. The second kappa shape index (κ2) is 11.0. The zero-order valence-electron chi connectivity index (χ0n) is 25.1. The van der Waals surface area contributed by atoms with Crippen LogP contribution in [-0.4, -0.2) is 41.9 Å². The third-order valence-electron chi connectivity index (χ3n) is 7.98. The van der Waals surface area contributed by atoms with Crippen molar-refractivity contribution in [3.63, 3.8) is 0 Å². The van der Waals surface area contributed by atoms with Gasteiger partial charge in [-0.2, -0.15) is 0 Å². The molecule has 0 fully saturated rings. The Balaban J connectivity index is 1.43. The molecule has 0 spiro atoms. The molecule has 0 N–H and O–H groups in total. The Morgan fingerprint density at radius 2 is 1.07 bits per heavy atom. The Hall–Kier alpha value is -5.26. The molecule has 0 atom stereocenters. The molecular formula is C35H28N4O5S2. The third kappa shape index (κ3) is 4.75. The minimum atomic E-state index is -3.96. The van der Waals surface area contributed by atoms with E-state index in [4.69, 9.17) is 9.72 Å². The summed E-state index contributed by atoms with van der Waals surface area (Å²) in [5.41, 5.74) is 4.21. The fourth-order valence-corrected chi connectivity index (χ4v) is 8.29. The van der Waals surface area contributed by atoms with Gasteiger partial charge in [0.1, 0.15) is 5.69 Å². The van der Waals surface area contributed by atoms with Crippen molar-refractivity contribution in [1.82, 2.24) is 17.9 Å². The average molecular weight is 649 g/mol.